The quantitative estimate of drug-likeness (QED) is 0.903. The third kappa shape index (κ3) is 4.22. The molecule has 0 radical (unpaired) electrons. The molecule has 6 nitrogen and oxygen atoms in total. The van der Waals surface area contributed by atoms with Crippen LogP contribution in [0.15, 0.2) is 16.5 Å². The summed E-state index contributed by atoms with van der Waals surface area (Å²) in [6, 6.07) is 3.63. The molecular weight excluding hydrogens is 272 g/mol. The molecule has 6 heteroatoms. The average molecular weight is 296 g/mol. The van der Waals surface area contributed by atoms with Crippen molar-refractivity contribution in [2.45, 2.75) is 32.4 Å². The lowest BCUT2D eigenvalue weighted by Crippen LogP contribution is -2.50. The van der Waals surface area contributed by atoms with Crippen molar-refractivity contribution in [3.05, 3.63) is 23.7 Å². The van der Waals surface area contributed by atoms with Crippen LogP contribution in [0.1, 0.15) is 30.9 Å². The molecule has 1 saturated heterocycles. The maximum absolute atomic E-state index is 12.4. The van der Waals surface area contributed by atoms with E-state index in [9.17, 15) is 4.79 Å². The minimum absolute atomic E-state index is 0.0688. The molecule has 0 spiro atoms. The third-order valence-electron chi connectivity index (χ3n) is 3.60. The molecule has 1 aliphatic heterocycles. The third-order valence-corrected chi connectivity index (χ3v) is 3.60. The molecular formula is C15H24N2O4. The first-order chi connectivity index (χ1) is 10.1. The van der Waals surface area contributed by atoms with Crippen LogP contribution in [0.2, 0.25) is 0 Å². The van der Waals surface area contributed by atoms with E-state index in [-0.39, 0.29) is 18.1 Å². The molecule has 118 valence electrons. The van der Waals surface area contributed by atoms with Crippen molar-refractivity contribution in [3.63, 3.8) is 0 Å². The van der Waals surface area contributed by atoms with Crippen molar-refractivity contribution in [1.29, 1.82) is 0 Å². The minimum Gasteiger partial charge on any atom is -0.464 e. The summed E-state index contributed by atoms with van der Waals surface area (Å²) in [5, 5.41) is 3.00. The van der Waals surface area contributed by atoms with E-state index in [0.717, 1.165) is 17.9 Å². The lowest BCUT2D eigenvalue weighted by atomic mass is 10.2. The first-order valence-electron chi connectivity index (χ1n) is 7.32. The van der Waals surface area contributed by atoms with Gasteiger partial charge in [-0.15, -0.1) is 0 Å². The highest BCUT2D eigenvalue weighted by Crippen LogP contribution is 2.25. The van der Waals surface area contributed by atoms with Gasteiger partial charge in [0.05, 0.1) is 13.2 Å². The SMILES string of the molecule is COCC[C@H](C)NC(=O)N1CCOC[C@H]1c1ccc(C)o1. The van der Waals surface area contributed by atoms with Gasteiger partial charge in [0.2, 0.25) is 0 Å². The molecule has 2 heterocycles. The second-order valence-corrected chi connectivity index (χ2v) is 5.36. The first-order valence-corrected chi connectivity index (χ1v) is 7.32. The fraction of sp³-hybridized carbons (Fsp3) is 0.667. The van der Waals surface area contributed by atoms with Crippen LogP contribution in [0.5, 0.6) is 0 Å². The predicted molar refractivity (Wildman–Crippen MR) is 78.2 cm³/mol. The summed E-state index contributed by atoms with van der Waals surface area (Å²) in [6.07, 6.45) is 0.789. The Morgan fingerprint density at radius 1 is 1.57 bits per heavy atom. The number of aryl methyl sites for hydroxylation is 1. The van der Waals surface area contributed by atoms with Crippen LogP contribution in [0.3, 0.4) is 0 Å². The van der Waals surface area contributed by atoms with E-state index in [1.54, 1.807) is 12.0 Å². The van der Waals surface area contributed by atoms with E-state index in [1.165, 1.54) is 0 Å². The maximum atomic E-state index is 12.4. The number of nitrogens with zero attached hydrogens (tertiary/aromatic N) is 1. The Morgan fingerprint density at radius 3 is 3.05 bits per heavy atom. The Labute approximate surface area is 125 Å². The van der Waals surface area contributed by atoms with Crippen LogP contribution in [0.25, 0.3) is 0 Å². The Balaban J connectivity index is 1.99. The van der Waals surface area contributed by atoms with Crippen LogP contribution in [0.4, 0.5) is 4.79 Å². The van der Waals surface area contributed by atoms with Crippen LogP contribution < -0.4 is 5.32 Å². The van der Waals surface area contributed by atoms with Crippen molar-refractivity contribution in [2.75, 3.05) is 33.5 Å². The summed E-state index contributed by atoms with van der Waals surface area (Å²) in [4.78, 5) is 14.2. The Kier molecular flexibility index (Phi) is 5.64. The largest absolute Gasteiger partial charge is 0.464 e. The van der Waals surface area contributed by atoms with Crippen LogP contribution >= 0.6 is 0 Å². The number of ether oxygens (including phenoxy) is 2. The van der Waals surface area contributed by atoms with E-state index >= 15 is 0 Å². The maximum Gasteiger partial charge on any atom is 0.318 e. The summed E-state index contributed by atoms with van der Waals surface area (Å²) < 4.78 is 16.2. The molecule has 1 fully saturated rings. The number of rotatable bonds is 5. The summed E-state index contributed by atoms with van der Waals surface area (Å²) in [6.45, 7) is 6.08. The Bertz CT molecular complexity index is 460. The van der Waals surface area contributed by atoms with Gasteiger partial charge < -0.3 is 24.1 Å². The van der Waals surface area contributed by atoms with Gasteiger partial charge in [0.1, 0.15) is 17.6 Å². The zero-order valence-electron chi connectivity index (χ0n) is 12.9. The van der Waals surface area contributed by atoms with E-state index in [0.29, 0.717) is 26.4 Å². The first kappa shape index (κ1) is 15.9. The molecule has 0 aliphatic carbocycles. The minimum atomic E-state index is -0.165. The van der Waals surface area contributed by atoms with E-state index in [4.69, 9.17) is 13.9 Å². The van der Waals surface area contributed by atoms with Crippen molar-refractivity contribution >= 4 is 6.03 Å². The molecule has 1 N–H and O–H groups in total. The lowest BCUT2D eigenvalue weighted by Gasteiger charge is -2.35. The van der Waals surface area contributed by atoms with Crippen molar-refractivity contribution in [3.8, 4) is 0 Å². The van der Waals surface area contributed by atoms with Crippen LogP contribution in [-0.2, 0) is 9.47 Å². The summed E-state index contributed by atoms with van der Waals surface area (Å²) in [7, 11) is 1.66. The fourth-order valence-electron chi connectivity index (χ4n) is 2.38. The van der Waals surface area contributed by atoms with Crippen molar-refractivity contribution in [1.82, 2.24) is 10.2 Å². The highest BCUT2D eigenvalue weighted by Gasteiger charge is 2.31. The average Bonchev–Trinajstić information content (AvgIpc) is 2.91. The zero-order chi connectivity index (χ0) is 15.2. The van der Waals surface area contributed by atoms with Gasteiger partial charge >= 0.3 is 6.03 Å². The number of nitrogens with one attached hydrogen (secondary N) is 1. The van der Waals surface area contributed by atoms with Crippen LogP contribution in [0, 0.1) is 6.92 Å². The highest BCUT2D eigenvalue weighted by molar-refractivity contribution is 5.75. The number of carbonyl (C=O) groups excluding carboxylic acids is 1. The zero-order valence-corrected chi connectivity index (χ0v) is 12.9. The smallest absolute Gasteiger partial charge is 0.318 e. The van der Waals surface area contributed by atoms with E-state index in [1.807, 2.05) is 26.0 Å². The van der Waals surface area contributed by atoms with Gasteiger partial charge in [0.15, 0.2) is 0 Å². The predicted octanol–water partition coefficient (Wildman–Crippen LogP) is 2.10. The fourth-order valence-corrected chi connectivity index (χ4v) is 2.38. The van der Waals surface area contributed by atoms with Gasteiger partial charge in [-0.05, 0) is 32.4 Å². The normalized spacial score (nSPS) is 20.3. The second kappa shape index (κ2) is 7.47. The Morgan fingerprint density at radius 2 is 2.38 bits per heavy atom. The molecule has 0 unspecified atom stereocenters. The molecule has 1 aromatic rings. The number of urea groups is 1. The number of carbonyl (C=O) groups is 1. The monoisotopic (exact) mass is 296 g/mol. The molecule has 0 aromatic carbocycles. The van der Waals surface area contributed by atoms with Gasteiger partial charge in [-0.1, -0.05) is 0 Å². The molecule has 1 aliphatic rings. The van der Waals surface area contributed by atoms with Crippen molar-refractivity contribution < 1.29 is 18.7 Å². The van der Waals surface area contributed by atoms with Gasteiger partial charge in [0, 0.05) is 26.3 Å². The number of furan rings is 1. The molecule has 0 saturated carbocycles. The van der Waals surface area contributed by atoms with Crippen molar-refractivity contribution in [2.24, 2.45) is 0 Å². The molecule has 1 aromatic heterocycles. The molecule has 21 heavy (non-hydrogen) atoms. The number of amides is 2. The molecule has 2 rings (SSSR count). The Hall–Kier alpha value is -1.53. The van der Waals surface area contributed by atoms with Gasteiger partial charge in [-0.3, -0.25) is 0 Å². The van der Waals surface area contributed by atoms with Crippen LogP contribution in [-0.4, -0.2) is 50.4 Å². The van der Waals surface area contributed by atoms with E-state index < -0.39 is 0 Å². The summed E-state index contributed by atoms with van der Waals surface area (Å²) >= 11 is 0. The standard InChI is InChI=1S/C15H24N2O4/c1-11(6-8-19-3)16-15(18)17-7-9-20-10-13(17)14-5-4-12(2)21-14/h4-5,11,13H,6-10H2,1-3H3,(H,16,18)/t11-,13-/m0/s1. The number of hydrogen-bond acceptors (Lipinski definition) is 4. The topological polar surface area (TPSA) is 63.9 Å². The van der Waals surface area contributed by atoms with Gasteiger partial charge in [0.25, 0.3) is 0 Å². The number of hydrogen-bond donors (Lipinski definition) is 1. The highest BCUT2D eigenvalue weighted by atomic mass is 16.5. The summed E-state index contributed by atoms with van der Waals surface area (Å²) in [5.41, 5.74) is 0. The molecule has 2 amide bonds. The number of morpholine rings is 1. The molecule has 2 atom stereocenters. The van der Waals surface area contributed by atoms with Gasteiger partial charge in [-0.2, -0.15) is 0 Å². The lowest BCUT2D eigenvalue weighted by molar-refractivity contribution is 0.00341. The van der Waals surface area contributed by atoms with E-state index in [2.05, 4.69) is 5.32 Å². The molecule has 0 bridgehead atoms. The van der Waals surface area contributed by atoms with Gasteiger partial charge in [-0.25, -0.2) is 4.79 Å². The summed E-state index contributed by atoms with van der Waals surface area (Å²) in [5.74, 6) is 1.61. The second-order valence-electron chi connectivity index (χ2n) is 5.36. The number of methoxy groups -OCH3 is 1.